The van der Waals surface area contributed by atoms with Crippen LogP contribution in [0.25, 0.3) is 6.08 Å². The maximum absolute atomic E-state index is 5.27. The minimum Gasteiger partial charge on any atom is -0.374 e. The van der Waals surface area contributed by atoms with Crippen molar-refractivity contribution >= 4 is 25.8 Å². The van der Waals surface area contributed by atoms with E-state index in [9.17, 15) is 0 Å². The minimum absolute atomic E-state index is 0. The van der Waals surface area contributed by atoms with Gasteiger partial charge in [-0.1, -0.05) is 36.4 Å². The first-order chi connectivity index (χ1) is 7.26. The van der Waals surface area contributed by atoms with Gasteiger partial charge >= 0.3 is 8.80 Å². The van der Waals surface area contributed by atoms with Crippen molar-refractivity contribution in [3.8, 4) is 0 Å². The molecule has 0 heterocycles. The smallest absolute Gasteiger partial charge is 0.374 e. The summed E-state index contributed by atoms with van der Waals surface area (Å²) < 4.78 is 15.8. The molecule has 0 amide bonds. The fraction of sp³-hybridized carbons (Fsp3) is 0.273. The van der Waals surface area contributed by atoms with E-state index in [-0.39, 0.29) is 11.0 Å². The van der Waals surface area contributed by atoms with Crippen LogP contribution in [0.5, 0.6) is 0 Å². The van der Waals surface area contributed by atoms with Crippen molar-refractivity contribution in [2.24, 2.45) is 0 Å². The van der Waals surface area contributed by atoms with Crippen LogP contribution in [0.15, 0.2) is 36.0 Å². The molecule has 0 saturated heterocycles. The van der Waals surface area contributed by atoms with Crippen LogP contribution in [0, 0.1) is 0 Å². The summed E-state index contributed by atoms with van der Waals surface area (Å²) in [5.41, 5.74) is 2.96. The zero-order valence-electron chi connectivity index (χ0n) is 9.27. The van der Waals surface area contributed by atoms with Gasteiger partial charge in [-0.2, -0.15) is 0 Å². The van der Waals surface area contributed by atoms with Gasteiger partial charge in [0, 0.05) is 21.3 Å². The zero-order valence-corrected chi connectivity index (χ0v) is 10.3. The van der Waals surface area contributed by atoms with Crippen LogP contribution in [0.4, 0.5) is 0 Å². The van der Waals surface area contributed by atoms with Gasteiger partial charge in [-0.15, -0.1) is 0 Å². The standard InChI is InChI=1S/C11H16O3Si.H4Si/c1-12-15(13-2,14-3)10-9-11-7-5-4-6-8-11;/h4-10H,1-3H3;1H4. The molecule has 3 nitrogen and oxygen atoms in total. The van der Waals surface area contributed by atoms with E-state index in [4.69, 9.17) is 13.3 Å². The summed E-state index contributed by atoms with van der Waals surface area (Å²) in [4.78, 5) is 0. The lowest BCUT2D eigenvalue weighted by molar-refractivity contribution is 0.139. The molecule has 0 fully saturated rings. The van der Waals surface area contributed by atoms with Gasteiger partial charge in [0.05, 0.1) is 0 Å². The van der Waals surface area contributed by atoms with Crippen molar-refractivity contribution in [2.75, 3.05) is 21.3 Å². The first kappa shape index (κ1) is 15.3. The van der Waals surface area contributed by atoms with Crippen molar-refractivity contribution in [1.82, 2.24) is 0 Å². The van der Waals surface area contributed by atoms with Crippen LogP contribution in [0.3, 0.4) is 0 Å². The minimum atomic E-state index is -2.58. The number of benzene rings is 1. The maximum atomic E-state index is 5.27. The van der Waals surface area contributed by atoms with Crippen molar-refractivity contribution < 1.29 is 13.3 Å². The molecule has 0 unspecified atom stereocenters. The highest BCUT2D eigenvalue weighted by Gasteiger charge is 2.34. The normalized spacial score (nSPS) is 11.4. The molecule has 0 aliphatic heterocycles. The van der Waals surface area contributed by atoms with Crippen LogP contribution >= 0.6 is 0 Å². The molecule has 0 aliphatic carbocycles. The quantitative estimate of drug-likeness (QED) is 0.725. The predicted molar refractivity (Wildman–Crippen MR) is 73.6 cm³/mol. The molecule has 0 aromatic heterocycles. The summed E-state index contributed by atoms with van der Waals surface area (Å²) in [5.74, 6) is 0. The SMILES string of the molecule is CO[Si](C=Cc1ccccc1)(OC)OC.[SiH4]. The van der Waals surface area contributed by atoms with Crippen LogP contribution in [-0.4, -0.2) is 41.1 Å². The second kappa shape index (κ2) is 7.53. The molecule has 0 atom stereocenters. The molecule has 0 radical (unpaired) electrons. The van der Waals surface area contributed by atoms with E-state index in [1.807, 2.05) is 42.1 Å². The fourth-order valence-corrected chi connectivity index (χ4v) is 2.52. The zero-order chi connectivity index (χ0) is 11.1. The lowest BCUT2D eigenvalue weighted by Crippen LogP contribution is -2.40. The first-order valence-electron chi connectivity index (χ1n) is 4.66. The number of hydrogen-bond donors (Lipinski definition) is 0. The molecule has 0 aliphatic rings. The van der Waals surface area contributed by atoms with E-state index in [0.717, 1.165) is 5.56 Å². The molecule has 5 heteroatoms. The van der Waals surface area contributed by atoms with Gasteiger partial charge in [-0.3, -0.25) is 0 Å². The first-order valence-corrected chi connectivity index (χ1v) is 6.46. The van der Waals surface area contributed by atoms with Crippen molar-refractivity contribution in [2.45, 2.75) is 0 Å². The number of rotatable bonds is 5. The summed E-state index contributed by atoms with van der Waals surface area (Å²) in [5, 5.41) is 0. The largest absolute Gasteiger partial charge is 0.528 e. The van der Waals surface area contributed by atoms with Crippen LogP contribution in [-0.2, 0) is 13.3 Å². The molecule has 90 valence electrons. The Balaban J connectivity index is 0.00000225. The fourth-order valence-electron chi connectivity index (χ4n) is 1.22. The lowest BCUT2D eigenvalue weighted by atomic mass is 10.2. The molecule has 1 aromatic rings. The van der Waals surface area contributed by atoms with Gasteiger partial charge in [-0.05, 0) is 22.2 Å². The van der Waals surface area contributed by atoms with Crippen molar-refractivity contribution in [1.29, 1.82) is 0 Å². The average molecular weight is 256 g/mol. The van der Waals surface area contributed by atoms with Crippen LogP contribution < -0.4 is 0 Å². The van der Waals surface area contributed by atoms with Gasteiger partial charge in [0.15, 0.2) is 0 Å². The van der Waals surface area contributed by atoms with Crippen molar-refractivity contribution in [3.63, 3.8) is 0 Å². The van der Waals surface area contributed by atoms with Crippen molar-refractivity contribution in [3.05, 3.63) is 41.6 Å². The van der Waals surface area contributed by atoms with E-state index in [0.29, 0.717) is 0 Å². The van der Waals surface area contributed by atoms with E-state index < -0.39 is 8.80 Å². The third-order valence-corrected chi connectivity index (χ3v) is 4.42. The topological polar surface area (TPSA) is 27.7 Å². The molecule has 0 N–H and O–H groups in total. The number of hydrogen-bond acceptors (Lipinski definition) is 3. The Labute approximate surface area is 102 Å². The van der Waals surface area contributed by atoms with Gasteiger partial charge in [0.2, 0.25) is 0 Å². The van der Waals surface area contributed by atoms with Gasteiger partial charge in [0.25, 0.3) is 0 Å². The Bertz CT molecular complexity index is 302. The summed E-state index contributed by atoms with van der Waals surface area (Å²) in [6.07, 6.45) is 1.95. The van der Waals surface area contributed by atoms with Gasteiger partial charge < -0.3 is 13.3 Å². The molecule has 0 spiro atoms. The maximum Gasteiger partial charge on any atom is 0.528 e. The molecular formula is C11H20O3Si2. The van der Waals surface area contributed by atoms with E-state index in [1.165, 1.54) is 0 Å². The third kappa shape index (κ3) is 4.03. The monoisotopic (exact) mass is 256 g/mol. The Hall–Kier alpha value is -0.726. The predicted octanol–water partition coefficient (Wildman–Crippen LogP) is 0.665. The second-order valence-electron chi connectivity index (χ2n) is 2.96. The van der Waals surface area contributed by atoms with Gasteiger partial charge in [-0.25, -0.2) is 0 Å². The summed E-state index contributed by atoms with van der Waals surface area (Å²) >= 11 is 0. The van der Waals surface area contributed by atoms with E-state index in [1.54, 1.807) is 21.3 Å². The summed E-state index contributed by atoms with van der Waals surface area (Å²) in [7, 11) is 2.19. The van der Waals surface area contributed by atoms with Crippen LogP contribution in [0.2, 0.25) is 0 Å². The Kier molecular flexibility index (Phi) is 7.19. The molecule has 1 aromatic carbocycles. The highest BCUT2D eigenvalue weighted by molar-refractivity contribution is 6.66. The molecular weight excluding hydrogens is 236 g/mol. The lowest BCUT2D eigenvalue weighted by Gasteiger charge is -2.20. The highest BCUT2D eigenvalue weighted by atomic mass is 28.4. The van der Waals surface area contributed by atoms with E-state index >= 15 is 0 Å². The third-order valence-electron chi connectivity index (χ3n) is 2.13. The molecule has 16 heavy (non-hydrogen) atoms. The van der Waals surface area contributed by atoms with Crippen LogP contribution in [0.1, 0.15) is 5.56 Å². The molecule has 0 bridgehead atoms. The second-order valence-corrected chi connectivity index (χ2v) is 5.73. The molecule has 0 saturated carbocycles. The van der Waals surface area contributed by atoms with Gasteiger partial charge in [0.1, 0.15) is 0 Å². The Morgan fingerprint density at radius 1 is 0.938 bits per heavy atom. The molecule has 1 rings (SSSR count). The highest BCUT2D eigenvalue weighted by Crippen LogP contribution is 2.10. The Morgan fingerprint density at radius 3 is 1.88 bits per heavy atom. The summed E-state index contributed by atoms with van der Waals surface area (Å²) in [6.45, 7) is 0. The average Bonchev–Trinajstić information content (AvgIpc) is 2.33. The summed E-state index contributed by atoms with van der Waals surface area (Å²) in [6, 6.07) is 9.96. The van der Waals surface area contributed by atoms with E-state index in [2.05, 4.69) is 0 Å². The Morgan fingerprint density at radius 2 is 1.44 bits per heavy atom.